The van der Waals surface area contributed by atoms with E-state index in [0.717, 1.165) is 5.56 Å². The van der Waals surface area contributed by atoms with Crippen LogP contribution in [-0.4, -0.2) is 48.4 Å². The van der Waals surface area contributed by atoms with Crippen molar-refractivity contribution in [2.45, 2.75) is 6.54 Å². The summed E-state index contributed by atoms with van der Waals surface area (Å²) < 4.78 is 17.0. The monoisotopic (exact) mass is 401 g/mol. The summed E-state index contributed by atoms with van der Waals surface area (Å²) in [5.74, 6) is 0.0558. The molecule has 0 radical (unpaired) electrons. The summed E-state index contributed by atoms with van der Waals surface area (Å²) in [4.78, 5) is 32.2. The summed E-state index contributed by atoms with van der Waals surface area (Å²) in [6.45, 7) is 0.722. The molecule has 0 saturated heterocycles. The van der Waals surface area contributed by atoms with Gasteiger partial charge in [-0.1, -0.05) is 0 Å². The van der Waals surface area contributed by atoms with Crippen LogP contribution in [0.4, 0.5) is 0 Å². The number of esters is 1. The maximum Gasteiger partial charge on any atom is 0.338 e. The van der Waals surface area contributed by atoms with E-state index in [2.05, 4.69) is 9.97 Å². The van der Waals surface area contributed by atoms with Crippen molar-refractivity contribution in [2.75, 3.05) is 27.9 Å². The summed E-state index contributed by atoms with van der Waals surface area (Å²) in [6, 6.07) is 8.74. The van der Waals surface area contributed by atoms with E-state index in [1.54, 1.807) is 30.9 Å². The minimum absolute atomic E-state index is 0.112. The second kappa shape index (κ2) is 8.32. The second-order valence-corrected chi connectivity index (χ2v) is 6.26. The van der Waals surface area contributed by atoms with E-state index in [4.69, 9.17) is 26.4 Å². The van der Waals surface area contributed by atoms with Crippen LogP contribution in [-0.2, 0) is 16.0 Å². The minimum atomic E-state index is -0.636. The molecule has 0 unspecified atom stereocenters. The van der Waals surface area contributed by atoms with Gasteiger partial charge in [-0.2, -0.15) is 0 Å². The summed E-state index contributed by atoms with van der Waals surface area (Å²) >= 11 is 5.29. The van der Waals surface area contributed by atoms with Crippen molar-refractivity contribution in [3.63, 3.8) is 0 Å². The molecule has 2 heterocycles. The lowest BCUT2D eigenvalue weighted by atomic mass is 10.1. The average Bonchev–Trinajstić information content (AvgIpc) is 2.72. The van der Waals surface area contributed by atoms with Crippen LogP contribution < -0.4 is 10.3 Å². The molecule has 9 heteroatoms. The Labute approximate surface area is 165 Å². The predicted octanol–water partition coefficient (Wildman–Crippen LogP) is 2.56. The zero-order chi connectivity index (χ0) is 20.3. The number of nitrogens with zero attached hydrogens (tertiary/aromatic N) is 2. The topological polar surface area (TPSA) is 95.4 Å². The van der Waals surface area contributed by atoms with Gasteiger partial charge in [0, 0.05) is 12.7 Å². The molecule has 2 aromatic heterocycles. The Morgan fingerprint density at radius 1 is 1.21 bits per heavy atom. The Kier molecular flexibility index (Phi) is 5.86. The van der Waals surface area contributed by atoms with Crippen molar-refractivity contribution >= 4 is 29.2 Å². The molecular weight excluding hydrogens is 382 g/mol. The van der Waals surface area contributed by atoms with Gasteiger partial charge in [0.25, 0.3) is 5.56 Å². The van der Waals surface area contributed by atoms with Gasteiger partial charge in [0.2, 0.25) is 0 Å². The summed E-state index contributed by atoms with van der Waals surface area (Å²) in [5, 5.41) is 0.119. The number of carbonyl (C=O) groups is 1. The van der Waals surface area contributed by atoms with Crippen LogP contribution in [0.15, 0.2) is 35.1 Å². The van der Waals surface area contributed by atoms with E-state index in [-0.39, 0.29) is 15.7 Å². The molecule has 1 N–H and O–H groups in total. The Balaban J connectivity index is 2.35. The van der Waals surface area contributed by atoms with Gasteiger partial charge in [-0.15, -0.1) is 0 Å². The zero-order valence-electron chi connectivity index (χ0n) is 15.6. The van der Waals surface area contributed by atoms with Crippen LogP contribution in [0.1, 0.15) is 10.4 Å². The lowest BCUT2D eigenvalue weighted by Gasteiger charge is -2.13. The minimum Gasteiger partial charge on any atom is -0.497 e. The smallest absolute Gasteiger partial charge is 0.338 e. The molecule has 0 aliphatic rings. The van der Waals surface area contributed by atoms with Crippen molar-refractivity contribution in [1.29, 1.82) is 0 Å². The highest BCUT2D eigenvalue weighted by Gasteiger charge is 2.20. The summed E-state index contributed by atoms with van der Waals surface area (Å²) in [7, 11) is 4.40. The summed E-state index contributed by atoms with van der Waals surface area (Å²) in [6.07, 6.45) is 0. The Morgan fingerprint density at radius 3 is 2.54 bits per heavy atom. The van der Waals surface area contributed by atoms with Crippen molar-refractivity contribution in [3.05, 3.63) is 51.0 Å². The highest BCUT2D eigenvalue weighted by atomic mass is 32.1. The Bertz CT molecular complexity index is 1140. The maximum atomic E-state index is 12.6. The molecule has 0 fully saturated rings. The standard InChI is InChI=1S/C19H19N3O5S/c1-25-9-8-22-16-15(17(23)21-19(22)28)13(18(24)27-3)10-14(20-16)11-4-6-12(26-2)7-5-11/h4-7,10H,8-9H2,1-3H3,(H,21,23,28). The van der Waals surface area contributed by atoms with Gasteiger partial charge in [0.1, 0.15) is 11.4 Å². The van der Waals surface area contributed by atoms with Crippen LogP contribution in [0.2, 0.25) is 0 Å². The van der Waals surface area contributed by atoms with Gasteiger partial charge in [0.15, 0.2) is 4.77 Å². The molecule has 0 spiro atoms. The number of benzene rings is 1. The normalized spacial score (nSPS) is 10.8. The molecule has 0 atom stereocenters. The molecule has 0 bridgehead atoms. The number of H-pyrrole nitrogens is 1. The fraction of sp³-hybridized carbons (Fsp3) is 0.263. The van der Waals surface area contributed by atoms with Gasteiger partial charge in [-0.25, -0.2) is 9.78 Å². The highest BCUT2D eigenvalue weighted by Crippen LogP contribution is 2.25. The lowest BCUT2D eigenvalue weighted by Crippen LogP contribution is -2.20. The molecule has 3 rings (SSSR count). The number of hydrogen-bond acceptors (Lipinski definition) is 7. The quantitative estimate of drug-likeness (QED) is 0.501. The van der Waals surface area contributed by atoms with Gasteiger partial charge < -0.3 is 18.8 Å². The van der Waals surface area contributed by atoms with E-state index >= 15 is 0 Å². The number of pyridine rings is 1. The molecular formula is C19H19N3O5S. The van der Waals surface area contributed by atoms with Crippen LogP contribution >= 0.6 is 12.2 Å². The molecule has 3 aromatic rings. The van der Waals surface area contributed by atoms with Crippen LogP contribution in [0.5, 0.6) is 5.75 Å². The average molecular weight is 401 g/mol. The van der Waals surface area contributed by atoms with E-state index in [0.29, 0.717) is 30.2 Å². The van der Waals surface area contributed by atoms with Crippen molar-refractivity contribution in [2.24, 2.45) is 0 Å². The molecule has 1 aromatic carbocycles. The predicted molar refractivity (Wildman–Crippen MR) is 106 cm³/mol. The number of hydrogen-bond donors (Lipinski definition) is 1. The molecule has 0 aliphatic heterocycles. The molecule has 28 heavy (non-hydrogen) atoms. The Morgan fingerprint density at radius 2 is 1.93 bits per heavy atom. The third-order valence-corrected chi connectivity index (χ3v) is 4.58. The first-order valence-corrected chi connectivity index (χ1v) is 8.80. The summed E-state index contributed by atoms with van der Waals surface area (Å²) in [5.41, 5.74) is 1.15. The third-order valence-electron chi connectivity index (χ3n) is 4.26. The molecule has 0 amide bonds. The SMILES string of the molecule is COCCn1c(=S)[nH]c(=O)c2c(C(=O)OC)cc(-c3ccc(OC)cc3)nc21. The van der Waals surface area contributed by atoms with Crippen LogP contribution in [0.25, 0.3) is 22.3 Å². The number of aromatic nitrogens is 3. The lowest BCUT2D eigenvalue weighted by molar-refractivity contribution is 0.0603. The third kappa shape index (κ3) is 3.67. The van der Waals surface area contributed by atoms with E-state index in [1.165, 1.54) is 13.2 Å². The fourth-order valence-electron chi connectivity index (χ4n) is 2.84. The molecule has 0 saturated carbocycles. The Hall–Kier alpha value is -3.04. The zero-order valence-corrected chi connectivity index (χ0v) is 16.5. The molecule has 0 aliphatic carbocycles. The number of rotatable bonds is 6. The van der Waals surface area contributed by atoms with Gasteiger partial charge in [-0.3, -0.25) is 9.78 Å². The number of aromatic amines is 1. The molecule has 146 valence electrons. The van der Waals surface area contributed by atoms with Crippen molar-refractivity contribution in [3.8, 4) is 17.0 Å². The first-order chi connectivity index (χ1) is 13.5. The number of carbonyl (C=O) groups excluding carboxylic acids is 1. The fourth-order valence-corrected chi connectivity index (χ4v) is 3.12. The molecule has 8 nitrogen and oxygen atoms in total. The largest absolute Gasteiger partial charge is 0.497 e. The van der Waals surface area contributed by atoms with E-state index in [9.17, 15) is 9.59 Å². The number of nitrogens with one attached hydrogen (secondary N) is 1. The van der Waals surface area contributed by atoms with Crippen molar-refractivity contribution in [1.82, 2.24) is 14.5 Å². The maximum absolute atomic E-state index is 12.6. The first kappa shape index (κ1) is 19.7. The van der Waals surface area contributed by atoms with Gasteiger partial charge >= 0.3 is 5.97 Å². The van der Waals surface area contributed by atoms with Gasteiger partial charge in [0.05, 0.1) is 44.0 Å². The van der Waals surface area contributed by atoms with E-state index in [1.807, 2.05) is 12.1 Å². The highest BCUT2D eigenvalue weighted by molar-refractivity contribution is 7.71. The number of fused-ring (bicyclic) bond motifs is 1. The van der Waals surface area contributed by atoms with E-state index < -0.39 is 11.5 Å². The first-order valence-electron chi connectivity index (χ1n) is 8.39. The van der Waals surface area contributed by atoms with Crippen molar-refractivity contribution < 1.29 is 19.0 Å². The van der Waals surface area contributed by atoms with Crippen LogP contribution in [0, 0.1) is 4.77 Å². The van der Waals surface area contributed by atoms with Crippen LogP contribution in [0.3, 0.4) is 0 Å². The number of methoxy groups -OCH3 is 3. The second-order valence-electron chi connectivity index (χ2n) is 5.88. The number of ether oxygens (including phenoxy) is 3. The van der Waals surface area contributed by atoms with Gasteiger partial charge in [-0.05, 0) is 42.5 Å².